The largest absolute Gasteiger partial charge is 0.504 e. The Kier molecular flexibility index (Phi) is 3.74. The molecule has 1 atom stereocenters. The van der Waals surface area contributed by atoms with Crippen LogP contribution >= 0.6 is 0 Å². The van der Waals surface area contributed by atoms with Crippen LogP contribution in [0, 0.1) is 0 Å². The van der Waals surface area contributed by atoms with Gasteiger partial charge in [-0.15, -0.1) is 0 Å². The van der Waals surface area contributed by atoms with Gasteiger partial charge in [0.05, 0.1) is 7.11 Å². The summed E-state index contributed by atoms with van der Waals surface area (Å²) in [5.74, 6) is 0.177. The smallest absolute Gasteiger partial charge is 0.217 e. The van der Waals surface area contributed by atoms with Crippen molar-refractivity contribution in [1.29, 1.82) is 0 Å². The summed E-state index contributed by atoms with van der Waals surface area (Å²) in [5.41, 5.74) is 1.13. The molecule has 1 amide bonds. The maximum atomic E-state index is 12.1. The average Bonchev–Trinajstić information content (AvgIpc) is 2.50. The van der Waals surface area contributed by atoms with Crippen molar-refractivity contribution in [2.45, 2.75) is 32.2 Å². The first-order valence-corrected chi connectivity index (χ1v) is 6.22. The van der Waals surface area contributed by atoms with Gasteiger partial charge >= 0.3 is 0 Å². The van der Waals surface area contributed by atoms with Crippen LogP contribution in [0.3, 0.4) is 0 Å². The van der Waals surface area contributed by atoms with Gasteiger partial charge in [-0.1, -0.05) is 0 Å². The molecule has 0 bridgehead atoms. The van der Waals surface area contributed by atoms with Gasteiger partial charge in [-0.2, -0.15) is 0 Å². The van der Waals surface area contributed by atoms with Crippen molar-refractivity contribution in [2.24, 2.45) is 0 Å². The van der Waals surface area contributed by atoms with Gasteiger partial charge in [0.2, 0.25) is 5.91 Å². The molecule has 1 unspecified atom stereocenters. The number of hydrogen-bond acceptors (Lipinski definition) is 4. The summed E-state index contributed by atoms with van der Waals surface area (Å²) in [7, 11) is 1.47. The lowest BCUT2D eigenvalue weighted by atomic mass is 10.0. The first-order chi connectivity index (χ1) is 9.02. The summed E-state index contributed by atoms with van der Waals surface area (Å²) in [5, 5.41) is 12.8. The first-order valence-electron chi connectivity index (χ1n) is 6.22. The second kappa shape index (κ2) is 5.30. The van der Waals surface area contributed by atoms with Crippen LogP contribution < -0.4 is 10.1 Å². The molecule has 5 heteroatoms. The van der Waals surface area contributed by atoms with E-state index in [0.717, 1.165) is 0 Å². The van der Waals surface area contributed by atoms with Gasteiger partial charge in [-0.05, 0) is 25.0 Å². The molecule has 102 valence electrons. The van der Waals surface area contributed by atoms with E-state index >= 15 is 0 Å². The molecule has 1 aromatic rings. The third-order valence-electron chi connectivity index (χ3n) is 3.35. The number of carbonyl (C=O) groups excluding carboxylic acids is 2. The number of methoxy groups -OCH3 is 1. The number of carbonyl (C=O) groups is 2. The van der Waals surface area contributed by atoms with E-state index in [1.54, 1.807) is 12.1 Å². The van der Waals surface area contributed by atoms with E-state index in [9.17, 15) is 14.7 Å². The number of fused-ring (bicyclic) bond motifs is 1. The van der Waals surface area contributed by atoms with Crippen molar-refractivity contribution in [3.63, 3.8) is 0 Å². The summed E-state index contributed by atoms with van der Waals surface area (Å²) < 4.78 is 5.05. The summed E-state index contributed by atoms with van der Waals surface area (Å²) in [4.78, 5) is 23.2. The number of phenolic OH excluding ortho intramolecular Hbond substituents is 1. The van der Waals surface area contributed by atoms with Crippen molar-refractivity contribution in [3.05, 3.63) is 23.3 Å². The predicted octanol–water partition coefficient (Wildman–Crippen LogP) is 1.42. The number of Topliss-reactive ketones (excluding diaryl/α,β-unsaturated/α-hetero) is 1. The Morgan fingerprint density at radius 1 is 1.47 bits per heavy atom. The summed E-state index contributed by atoms with van der Waals surface area (Å²) >= 11 is 0. The minimum atomic E-state index is -0.178. The van der Waals surface area contributed by atoms with Gasteiger partial charge in [-0.25, -0.2) is 0 Å². The van der Waals surface area contributed by atoms with E-state index in [1.807, 2.05) is 0 Å². The van der Waals surface area contributed by atoms with Gasteiger partial charge in [0, 0.05) is 30.5 Å². The number of ketones is 1. The van der Waals surface area contributed by atoms with Crippen LogP contribution in [-0.4, -0.2) is 29.9 Å². The normalized spacial score (nSPS) is 18.4. The van der Waals surface area contributed by atoms with Crippen LogP contribution in [0.1, 0.15) is 35.7 Å². The highest BCUT2D eigenvalue weighted by Crippen LogP contribution is 2.35. The molecule has 0 fully saturated rings. The molecule has 0 aromatic heterocycles. The highest BCUT2D eigenvalue weighted by atomic mass is 16.5. The van der Waals surface area contributed by atoms with E-state index in [4.69, 9.17) is 4.74 Å². The number of hydrogen-bond donors (Lipinski definition) is 2. The maximum Gasteiger partial charge on any atom is 0.217 e. The van der Waals surface area contributed by atoms with Crippen molar-refractivity contribution in [1.82, 2.24) is 5.32 Å². The molecule has 19 heavy (non-hydrogen) atoms. The van der Waals surface area contributed by atoms with Crippen molar-refractivity contribution in [2.75, 3.05) is 7.11 Å². The lowest BCUT2D eigenvalue weighted by Gasteiger charge is -2.13. The Morgan fingerprint density at radius 3 is 2.84 bits per heavy atom. The summed E-state index contributed by atoms with van der Waals surface area (Å²) in [6.07, 6.45) is 1.42. The lowest BCUT2D eigenvalue weighted by Crippen LogP contribution is -2.34. The lowest BCUT2D eigenvalue weighted by molar-refractivity contribution is -0.119. The number of rotatable bonds is 2. The van der Waals surface area contributed by atoms with Crippen LogP contribution in [0.5, 0.6) is 11.5 Å². The summed E-state index contributed by atoms with van der Waals surface area (Å²) in [6, 6.07) is 3.08. The summed E-state index contributed by atoms with van der Waals surface area (Å²) in [6.45, 7) is 1.43. The Balaban J connectivity index is 2.32. The molecule has 1 aliphatic carbocycles. The number of aromatic hydroxyl groups is 1. The number of nitrogens with one attached hydrogen (secondary N) is 1. The highest BCUT2D eigenvalue weighted by Gasteiger charge is 2.26. The Bertz CT molecular complexity index is 524. The number of amides is 1. The number of ether oxygens (including phenoxy) is 1. The minimum Gasteiger partial charge on any atom is -0.504 e. The highest BCUT2D eigenvalue weighted by molar-refractivity contribution is 5.99. The zero-order chi connectivity index (χ0) is 14.0. The van der Waals surface area contributed by atoms with E-state index in [2.05, 4.69) is 5.32 Å². The molecular formula is C14H17NO4. The minimum absolute atomic E-state index is 0.0248. The first kappa shape index (κ1) is 13.4. The fraction of sp³-hybridized carbons (Fsp3) is 0.429. The zero-order valence-corrected chi connectivity index (χ0v) is 11.0. The molecule has 0 aliphatic heterocycles. The van der Waals surface area contributed by atoms with Gasteiger partial charge < -0.3 is 15.2 Å². The molecule has 0 spiro atoms. The third kappa shape index (κ3) is 2.70. The molecule has 0 saturated carbocycles. The molecule has 5 nitrogen and oxygen atoms in total. The standard InChI is InChI=1S/C14H17NO4/c1-8(16)15-9-3-4-11-10(12(17)7-9)5-6-13(19-2)14(11)18/h5-6,9,18H,3-4,7H2,1-2H3,(H,15,16). The van der Waals surface area contributed by atoms with Crippen LogP contribution in [0.15, 0.2) is 12.1 Å². The topological polar surface area (TPSA) is 75.6 Å². The maximum absolute atomic E-state index is 12.1. The van der Waals surface area contributed by atoms with Crippen molar-refractivity contribution < 1.29 is 19.4 Å². The Morgan fingerprint density at radius 2 is 2.21 bits per heavy atom. The molecule has 2 N–H and O–H groups in total. The van der Waals surface area contributed by atoms with Crippen molar-refractivity contribution >= 4 is 11.7 Å². The Labute approximate surface area is 111 Å². The quantitative estimate of drug-likeness (QED) is 0.791. The molecule has 0 heterocycles. The molecule has 2 rings (SSSR count). The Hall–Kier alpha value is -2.04. The van der Waals surface area contributed by atoms with Gasteiger partial charge in [0.1, 0.15) is 0 Å². The molecular weight excluding hydrogens is 246 g/mol. The molecule has 0 radical (unpaired) electrons. The molecule has 1 aliphatic rings. The number of benzene rings is 1. The molecule has 0 saturated heterocycles. The average molecular weight is 263 g/mol. The van der Waals surface area contributed by atoms with E-state index < -0.39 is 0 Å². The van der Waals surface area contributed by atoms with E-state index in [-0.39, 0.29) is 29.9 Å². The predicted molar refractivity (Wildman–Crippen MR) is 69.5 cm³/mol. The van der Waals surface area contributed by atoms with Crippen LogP contribution in [-0.2, 0) is 11.2 Å². The monoisotopic (exact) mass is 263 g/mol. The van der Waals surface area contributed by atoms with Gasteiger partial charge in [0.15, 0.2) is 17.3 Å². The van der Waals surface area contributed by atoms with E-state index in [1.165, 1.54) is 14.0 Å². The van der Waals surface area contributed by atoms with Crippen LogP contribution in [0.4, 0.5) is 0 Å². The van der Waals surface area contributed by atoms with Crippen LogP contribution in [0.25, 0.3) is 0 Å². The second-order valence-electron chi connectivity index (χ2n) is 4.71. The van der Waals surface area contributed by atoms with Crippen LogP contribution in [0.2, 0.25) is 0 Å². The van der Waals surface area contributed by atoms with E-state index in [0.29, 0.717) is 29.7 Å². The fourth-order valence-corrected chi connectivity index (χ4v) is 2.46. The second-order valence-corrected chi connectivity index (χ2v) is 4.71. The van der Waals surface area contributed by atoms with Crippen molar-refractivity contribution in [3.8, 4) is 11.5 Å². The van der Waals surface area contributed by atoms with Gasteiger partial charge in [-0.3, -0.25) is 9.59 Å². The zero-order valence-electron chi connectivity index (χ0n) is 11.0. The SMILES string of the molecule is COc1ccc2c(c1O)CCC(NC(C)=O)CC2=O. The number of phenols is 1. The fourth-order valence-electron chi connectivity index (χ4n) is 2.46. The third-order valence-corrected chi connectivity index (χ3v) is 3.35. The van der Waals surface area contributed by atoms with Gasteiger partial charge in [0.25, 0.3) is 0 Å². The molecule has 1 aromatic carbocycles.